The molecule has 1 heterocycles. The molecule has 0 N–H and O–H groups in total. The molecule has 0 bridgehead atoms. The summed E-state index contributed by atoms with van der Waals surface area (Å²) < 4.78 is 0. The minimum absolute atomic E-state index is 0.168. The molecule has 0 saturated carbocycles. The molecule has 0 amide bonds. The first-order valence-corrected chi connectivity index (χ1v) is 3.17. The summed E-state index contributed by atoms with van der Waals surface area (Å²) in [6.45, 7) is 1.000. The molecule has 0 radical (unpaired) electrons. The van der Waals surface area contributed by atoms with E-state index in [1.807, 2.05) is 19.3 Å². The maximum atomic E-state index is 10.2. The molecule has 0 aromatic heterocycles. The van der Waals surface area contributed by atoms with E-state index in [9.17, 15) is 4.79 Å². The van der Waals surface area contributed by atoms with E-state index in [0.717, 1.165) is 19.3 Å². The molecule has 0 aromatic rings. The van der Waals surface area contributed by atoms with Crippen molar-refractivity contribution in [3.63, 3.8) is 0 Å². The predicted molar refractivity (Wildman–Crippen MR) is 35.9 cm³/mol. The average molecular weight is 125 g/mol. The van der Waals surface area contributed by atoms with Gasteiger partial charge in [-0.3, -0.25) is 0 Å². The Morgan fingerprint density at radius 3 is 3.00 bits per heavy atom. The van der Waals surface area contributed by atoms with Crippen LogP contribution in [0.1, 0.15) is 6.42 Å². The van der Waals surface area contributed by atoms with Gasteiger partial charge < -0.3 is 9.69 Å². The summed E-state index contributed by atoms with van der Waals surface area (Å²) in [7, 11) is 2.01. The van der Waals surface area contributed by atoms with Crippen LogP contribution in [0.5, 0.6) is 0 Å². The van der Waals surface area contributed by atoms with E-state index in [-0.39, 0.29) is 5.92 Å². The third-order valence-electron chi connectivity index (χ3n) is 1.58. The minimum atomic E-state index is 0.168. The second kappa shape index (κ2) is 2.67. The Kier molecular flexibility index (Phi) is 1.88. The van der Waals surface area contributed by atoms with Crippen LogP contribution in [0.2, 0.25) is 0 Å². The fourth-order valence-corrected chi connectivity index (χ4v) is 0.894. The molecule has 2 heteroatoms. The van der Waals surface area contributed by atoms with Crippen LogP contribution in [-0.4, -0.2) is 24.8 Å². The maximum absolute atomic E-state index is 10.2. The van der Waals surface area contributed by atoms with Gasteiger partial charge in [0.15, 0.2) is 0 Å². The third kappa shape index (κ3) is 1.56. The van der Waals surface area contributed by atoms with E-state index in [4.69, 9.17) is 0 Å². The highest BCUT2D eigenvalue weighted by Crippen LogP contribution is 2.08. The standard InChI is InChI=1S/C7H11NO/c1-8-4-2-7(6-9)3-5-8/h2,4,6-7H,3,5H2,1H3. The Labute approximate surface area is 55.2 Å². The zero-order chi connectivity index (χ0) is 6.69. The Hall–Kier alpha value is -0.790. The topological polar surface area (TPSA) is 20.3 Å². The molecule has 1 aliphatic rings. The Bertz CT molecular complexity index is 131. The highest BCUT2D eigenvalue weighted by atomic mass is 16.1. The lowest BCUT2D eigenvalue weighted by atomic mass is 10.1. The molecule has 0 aliphatic carbocycles. The molecule has 0 fully saturated rings. The number of carbonyl (C=O) groups excluding carboxylic acids is 1. The predicted octanol–water partition coefficient (Wildman–Crippen LogP) is 0.651. The van der Waals surface area contributed by atoms with Crippen molar-refractivity contribution in [3.05, 3.63) is 12.3 Å². The van der Waals surface area contributed by atoms with Crippen LogP contribution in [0.3, 0.4) is 0 Å². The lowest BCUT2D eigenvalue weighted by Gasteiger charge is -2.20. The van der Waals surface area contributed by atoms with Crippen molar-refractivity contribution in [2.75, 3.05) is 13.6 Å². The van der Waals surface area contributed by atoms with Crippen LogP contribution in [0.15, 0.2) is 12.3 Å². The number of aldehydes is 1. The summed E-state index contributed by atoms with van der Waals surface area (Å²) in [5.74, 6) is 0.168. The Balaban J connectivity index is 2.47. The molecule has 1 unspecified atom stereocenters. The normalized spacial score (nSPS) is 26.3. The van der Waals surface area contributed by atoms with Gasteiger partial charge in [0.25, 0.3) is 0 Å². The largest absolute Gasteiger partial charge is 0.381 e. The number of carbonyl (C=O) groups is 1. The van der Waals surface area contributed by atoms with E-state index in [0.29, 0.717) is 0 Å². The zero-order valence-corrected chi connectivity index (χ0v) is 5.58. The van der Waals surface area contributed by atoms with Crippen molar-refractivity contribution in [1.82, 2.24) is 4.90 Å². The van der Waals surface area contributed by atoms with Crippen molar-refractivity contribution in [2.45, 2.75) is 6.42 Å². The van der Waals surface area contributed by atoms with Gasteiger partial charge in [-0.25, -0.2) is 0 Å². The van der Waals surface area contributed by atoms with Crippen LogP contribution < -0.4 is 0 Å². The quantitative estimate of drug-likeness (QED) is 0.479. The van der Waals surface area contributed by atoms with E-state index >= 15 is 0 Å². The van der Waals surface area contributed by atoms with Crippen LogP contribution in [0, 0.1) is 5.92 Å². The van der Waals surface area contributed by atoms with Crippen molar-refractivity contribution in [3.8, 4) is 0 Å². The van der Waals surface area contributed by atoms with Crippen LogP contribution in [-0.2, 0) is 4.79 Å². The lowest BCUT2D eigenvalue weighted by Crippen LogP contribution is -2.20. The summed E-state index contributed by atoms with van der Waals surface area (Å²) in [6.07, 6.45) is 5.87. The van der Waals surface area contributed by atoms with Gasteiger partial charge in [-0.15, -0.1) is 0 Å². The zero-order valence-electron chi connectivity index (χ0n) is 5.58. The van der Waals surface area contributed by atoms with Gasteiger partial charge in [0.05, 0.1) is 0 Å². The summed E-state index contributed by atoms with van der Waals surface area (Å²) in [5.41, 5.74) is 0. The second-order valence-corrected chi connectivity index (χ2v) is 2.41. The highest BCUT2D eigenvalue weighted by Gasteiger charge is 2.07. The van der Waals surface area contributed by atoms with Crippen LogP contribution >= 0.6 is 0 Å². The maximum Gasteiger partial charge on any atom is 0.126 e. The van der Waals surface area contributed by atoms with Gasteiger partial charge in [-0.05, 0) is 12.6 Å². The fraction of sp³-hybridized carbons (Fsp3) is 0.571. The number of allylic oxidation sites excluding steroid dienone is 1. The number of rotatable bonds is 1. The van der Waals surface area contributed by atoms with Gasteiger partial charge >= 0.3 is 0 Å². The monoisotopic (exact) mass is 125 g/mol. The van der Waals surface area contributed by atoms with Gasteiger partial charge in [-0.2, -0.15) is 0 Å². The van der Waals surface area contributed by atoms with Crippen molar-refractivity contribution >= 4 is 6.29 Å². The van der Waals surface area contributed by atoms with Gasteiger partial charge in [-0.1, -0.05) is 6.08 Å². The summed E-state index contributed by atoms with van der Waals surface area (Å²) in [4.78, 5) is 12.3. The van der Waals surface area contributed by atoms with Gasteiger partial charge in [0.2, 0.25) is 0 Å². The molecule has 1 atom stereocenters. The molecule has 2 nitrogen and oxygen atoms in total. The fourth-order valence-electron chi connectivity index (χ4n) is 0.894. The third-order valence-corrected chi connectivity index (χ3v) is 1.58. The van der Waals surface area contributed by atoms with E-state index in [1.54, 1.807) is 0 Å². The average Bonchev–Trinajstić information content (AvgIpc) is 1.90. The molecule has 0 saturated heterocycles. The Morgan fingerprint density at radius 1 is 1.78 bits per heavy atom. The number of hydrogen-bond acceptors (Lipinski definition) is 2. The number of hydrogen-bond donors (Lipinski definition) is 0. The molecule has 1 aliphatic heterocycles. The van der Waals surface area contributed by atoms with Crippen molar-refractivity contribution < 1.29 is 4.79 Å². The summed E-state index contributed by atoms with van der Waals surface area (Å²) >= 11 is 0. The van der Waals surface area contributed by atoms with Crippen LogP contribution in [0.25, 0.3) is 0 Å². The van der Waals surface area contributed by atoms with Crippen molar-refractivity contribution in [2.24, 2.45) is 5.92 Å². The first-order chi connectivity index (χ1) is 4.33. The van der Waals surface area contributed by atoms with E-state index < -0.39 is 0 Å². The minimum Gasteiger partial charge on any atom is -0.381 e. The lowest BCUT2D eigenvalue weighted by molar-refractivity contribution is -0.110. The number of nitrogens with zero attached hydrogens (tertiary/aromatic N) is 1. The molecule has 9 heavy (non-hydrogen) atoms. The van der Waals surface area contributed by atoms with Gasteiger partial charge in [0.1, 0.15) is 6.29 Å². The molecule has 0 aromatic carbocycles. The smallest absolute Gasteiger partial charge is 0.126 e. The Morgan fingerprint density at radius 2 is 2.56 bits per heavy atom. The second-order valence-electron chi connectivity index (χ2n) is 2.41. The summed E-state index contributed by atoms with van der Waals surface area (Å²) in [5, 5.41) is 0. The van der Waals surface area contributed by atoms with E-state index in [1.165, 1.54) is 0 Å². The molecular formula is C7H11NO. The molecule has 0 spiro atoms. The van der Waals surface area contributed by atoms with Gasteiger partial charge in [0, 0.05) is 19.5 Å². The first kappa shape index (κ1) is 6.33. The molecule has 50 valence electrons. The molecule has 1 rings (SSSR count). The highest BCUT2D eigenvalue weighted by molar-refractivity contribution is 5.56. The van der Waals surface area contributed by atoms with Crippen molar-refractivity contribution in [1.29, 1.82) is 0 Å². The summed E-state index contributed by atoms with van der Waals surface area (Å²) in [6, 6.07) is 0. The first-order valence-electron chi connectivity index (χ1n) is 3.17. The van der Waals surface area contributed by atoms with E-state index in [2.05, 4.69) is 4.90 Å². The molecular weight excluding hydrogens is 114 g/mol. The SMILES string of the molecule is CN1C=CC(C=O)CC1. The van der Waals surface area contributed by atoms with Crippen LogP contribution in [0.4, 0.5) is 0 Å².